The molecule has 0 spiro atoms. The third-order valence-corrected chi connectivity index (χ3v) is 2.86. The molecule has 4 heteroatoms. The van der Waals surface area contributed by atoms with E-state index in [4.69, 9.17) is 0 Å². The van der Waals surface area contributed by atoms with Crippen molar-refractivity contribution < 1.29 is 4.79 Å². The zero-order valence-corrected chi connectivity index (χ0v) is 9.67. The molecule has 0 bridgehead atoms. The van der Waals surface area contributed by atoms with Crippen molar-refractivity contribution >= 4 is 17.4 Å². The first-order valence-corrected chi connectivity index (χ1v) is 5.56. The van der Waals surface area contributed by atoms with Gasteiger partial charge in [0.1, 0.15) is 0 Å². The molecule has 0 unspecified atom stereocenters. The molecule has 0 aliphatic carbocycles. The van der Waals surface area contributed by atoms with Crippen LogP contribution in [0.5, 0.6) is 0 Å². The first kappa shape index (κ1) is 11.0. The summed E-state index contributed by atoms with van der Waals surface area (Å²) in [5, 5.41) is 4.09. The number of rotatable bonds is 3. The van der Waals surface area contributed by atoms with Crippen LogP contribution < -0.4 is 0 Å². The summed E-state index contributed by atoms with van der Waals surface area (Å²) in [6, 6.07) is 2.11. The number of nitrogens with zero attached hydrogens (tertiary/aromatic N) is 2. The number of carbonyl (C=O) groups excluding carboxylic acids is 1. The van der Waals surface area contributed by atoms with Gasteiger partial charge in [-0.2, -0.15) is 11.3 Å². The van der Waals surface area contributed by atoms with Crippen LogP contribution >= 0.6 is 11.3 Å². The van der Waals surface area contributed by atoms with Gasteiger partial charge in [-0.25, -0.2) is 4.79 Å². The summed E-state index contributed by atoms with van der Waals surface area (Å²) in [6.45, 7) is 3.40. The average Bonchev–Trinajstić information content (AvgIpc) is 2.68. The first-order chi connectivity index (χ1) is 6.65. The van der Waals surface area contributed by atoms with Gasteiger partial charge in [-0.05, 0) is 29.3 Å². The van der Waals surface area contributed by atoms with E-state index < -0.39 is 0 Å². The van der Waals surface area contributed by atoms with Crippen LogP contribution in [0, 0.1) is 0 Å². The van der Waals surface area contributed by atoms with Gasteiger partial charge >= 0.3 is 6.03 Å². The van der Waals surface area contributed by atoms with Crippen molar-refractivity contribution in [3.05, 3.63) is 22.4 Å². The van der Waals surface area contributed by atoms with Crippen molar-refractivity contribution in [3.63, 3.8) is 0 Å². The van der Waals surface area contributed by atoms with Gasteiger partial charge in [0.25, 0.3) is 0 Å². The summed E-state index contributed by atoms with van der Waals surface area (Å²) in [6.07, 6.45) is 0. The Morgan fingerprint density at radius 3 is 2.64 bits per heavy atom. The summed E-state index contributed by atoms with van der Waals surface area (Å²) in [5.74, 6) is 0. The predicted molar refractivity (Wildman–Crippen MR) is 59.5 cm³/mol. The van der Waals surface area contributed by atoms with E-state index in [1.807, 2.05) is 32.5 Å². The van der Waals surface area contributed by atoms with E-state index >= 15 is 0 Å². The Balaban J connectivity index is 2.50. The third kappa shape index (κ3) is 2.73. The highest BCUT2D eigenvalue weighted by atomic mass is 32.1. The number of urea groups is 1. The second-order valence-corrected chi connectivity index (χ2v) is 4.06. The lowest BCUT2D eigenvalue weighted by Crippen LogP contribution is -2.38. The minimum absolute atomic E-state index is 0.0682. The fourth-order valence-corrected chi connectivity index (χ4v) is 1.81. The van der Waals surface area contributed by atoms with Crippen LogP contribution in [0.15, 0.2) is 16.8 Å². The molecule has 0 aromatic carbocycles. The summed E-state index contributed by atoms with van der Waals surface area (Å²) in [4.78, 5) is 15.1. The largest absolute Gasteiger partial charge is 0.328 e. The number of thiophene rings is 1. The number of carbonyl (C=O) groups is 1. The molecule has 2 amide bonds. The van der Waals surface area contributed by atoms with E-state index in [-0.39, 0.29) is 6.03 Å². The van der Waals surface area contributed by atoms with E-state index in [9.17, 15) is 4.79 Å². The smallest absolute Gasteiger partial charge is 0.319 e. The minimum Gasteiger partial charge on any atom is -0.328 e. The van der Waals surface area contributed by atoms with E-state index in [0.717, 1.165) is 6.54 Å². The Labute approximate surface area is 88.9 Å². The van der Waals surface area contributed by atoms with Crippen molar-refractivity contribution in [2.75, 3.05) is 20.6 Å². The van der Waals surface area contributed by atoms with Gasteiger partial charge in [0.2, 0.25) is 0 Å². The van der Waals surface area contributed by atoms with Crippen LogP contribution in [0.25, 0.3) is 0 Å². The van der Waals surface area contributed by atoms with Crippen LogP contribution in [-0.4, -0.2) is 36.5 Å². The Hall–Kier alpha value is -1.03. The average molecular weight is 212 g/mol. The highest BCUT2D eigenvalue weighted by Crippen LogP contribution is 2.09. The summed E-state index contributed by atoms with van der Waals surface area (Å²) >= 11 is 1.66. The molecule has 1 aromatic heterocycles. The zero-order chi connectivity index (χ0) is 10.6. The molecule has 1 aromatic rings. The van der Waals surface area contributed by atoms with E-state index in [1.54, 1.807) is 21.1 Å². The maximum atomic E-state index is 11.7. The summed E-state index contributed by atoms with van der Waals surface area (Å²) < 4.78 is 0. The Morgan fingerprint density at radius 2 is 2.14 bits per heavy atom. The molecule has 0 radical (unpaired) electrons. The fourth-order valence-electron chi connectivity index (χ4n) is 1.15. The normalized spacial score (nSPS) is 9.93. The molecule has 3 nitrogen and oxygen atoms in total. The molecule has 0 atom stereocenters. The van der Waals surface area contributed by atoms with Gasteiger partial charge < -0.3 is 9.80 Å². The second kappa shape index (κ2) is 5.00. The number of amides is 2. The van der Waals surface area contributed by atoms with Gasteiger partial charge in [0.15, 0.2) is 0 Å². The fraction of sp³-hybridized carbons (Fsp3) is 0.500. The van der Waals surface area contributed by atoms with Gasteiger partial charge in [-0.3, -0.25) is 0 Å². The van der Waals surface area contributed by atoms with Crippen molar-refractivity contribution in [3.8, 4) is 0 Å². The highest BCUT2D eigenvalue weighted by molar-refractivity contribution is 7.07. The minimum atomic E-state index is 0.0682. The third-order valence-electron chi connectivity index (χ3n) is 2.13. The molecule has 1 heterocycles. The van der Waals surface area contributed by atoms with Crippen molar-refractivity contribution in [2.24, 2.45) is 0 Å². The van der Waals surface area contributed by atoms with Crippen molar-refractivity contribution in [1.82, 2.24) is 9.80 Å². The standard InChI is InChI=1S/C10H16N2OS/c1-4-11(2)10(13)12(3)7-9-5-6-14-8-9/h5-6,8H,4,7H2,1-3H3. The van der Waals surface area contributed by atoms with Crippen LogP contribution in [-0.2, 0) is 6.54 Å². The van der Waals surface area contributed by atoms with Crippen LogP contribution in [0.3, 0.4) is 0 Å². The lowest BCUT2D eigenvalue weighted by atomic mass is 10.3. The number of hydrogen-bond donors (Lipinski definition) is 0. The highest BCUT2D eigenvalue weighted by Gasteiger charge is 2.12. The molecular formula is C10H16N2OS. The maximum absolute atomic E-state index is 11.7. The van der Waals surface area contributed by atoms with Crippen LogP contribution in [0.4, 0.5) is 4.79 Å². The molecule has 0 fully saturated rings. The molecule has 0 N–H and O–H groups in total. The topological polar surface area (TPSA) is 23.6 Å². The summed E-state index contributed by atoms with van der Waals surface area (Å²) in [5.41, 5.74) is 1.19. The van der Waals surface area contributed by atoms with E-state index in [2.05, 4.69) is 5.38 Å². The lowest BCUT2D eigenvalue weighted by Gasteiger charge is -2.23. The van der Waals surface area contributed by atoms with Gasteiger partial charge in [0, 0.05) is 27.2 Å². The Kier molecular flexibility index (Phi) is 3.95. The van der Waals surface area contributed by atoms with Crippen molar-refractivity contribution in [2.45, 2.75) is 13.5 Å². The van der Waals surface area contributed by atoms with Gasteiger partial charge in [-0.15, -0.1) is 0 Å². The van der Waals surface area contributed by atoms with E-state index in [1.165, 1.54) is 5.56 Å². The maximum Gasteiger partial charge on any atom is 0.319 e. The molecular weight excluding hydrogens is 196 g/mol. The van der Waals surface area contributed by atoms with Crippen LogP contribution in [0.1, 0.15) is 12.5 Å². The van der Waals surface area contributed by atoms with Crippen molar-refractivity contribution in [1.29, 1.82) is 0 Å². The predicted octanol–water partition coefficient (Wildman–Crippen LogP) is 2.25. The second-order valence-electron chi connectivity index (χ2n) is 3.28. The van der Waals surface area contributed by atoms with Gasteiger partial charge in [0.05, 0.1) is 0 Å². The Morgan fingerprint density at radius 1 is 1.43 bits per heavy atom. The Bertz CT molecular complexity index is 284. The quantitative estimate of drug-likeness (QED) is 0.754. The molecule has 0 aliphatic rings. The first-order valence-electron chi connectivity index (χ1n) is 4.62. The van der Waals surface area contributed by atoms with Gasteiger partial charge in [-0.1, -0.05) is 0 Å². The number of hydrogen-bond acceptors (Lipinski definition) is 2. The van der Waals surface area contributed by atoms with Crippen LogP contribution in [0.2, 0.25) is 0 Å². The molecule has 0 aliphatic heterocycles. The monoisotopic (exact) mass is 212 g/mol. The zero-order valence-electron chi connectivity index (χ0n) is 8.86. The molecule has 0 saturated carbocycles. The molecule has 78 valence electrons. The molecule has 0 saturated heterocycles. The van der Waals surface area contributed by atoms with E-state index in [0.29, 0.717) is 6.54 Å². The molecule has 1 rings (SSSR count). The summed E-state index contributed by atoms with van der Waals surface area (Å²) in [7, 11) is 3.64. The SMILES string of the molecule is CCN(C)C(=O)N(C)Cc1ccsc1. The lowest BCUT2D eigenvalue weighted by molar-refractivity contribution is 0.173. The molecule has 14 heavy (non-hydrogen) atoms.